The Labute approximate surface area is 155 Å². The molecule has 2 aromatic rings. The van der Waals surface area contributed by atoms with Crippen molar-refractivity contribution in [1.29, 1.82) is 0 Å². The number of amides is 1. The van der Waals surface area contributed by atoms with Crippen molar-refractivity contribution in [3.8, 4) is 0 Å². The van der Waals surface area contributed by atoms with E-state index in [0.717, 1.165) is 22.9 Å². The first-order valence-corrected chi connectivity index (χ1v) is 8.70. The molecule has 6 nitrogen and oxygen atoms in total. The van der Waals surface area contributed by atoms with Crippen LogP contribution in [0.15, 0.2) is 58.6 Å². The Balaban J connectivity index is 2.08. The quantitative estimate of drug-likeness (QED) is 0.613. The average molecular weight is 367 g/mol. The number of carbonyl (C=O) groups excluding carboxylic acids is 2. The molecule has 1 saturated heterocycles. The normalized spacial score (nSPS) is 17.2. The van der Waals surface area contributed by atoms with Gasteiger partial charge in [-0.3, -0.25) is 9.69 Å². The fourth-order valence-electron chi connectivity index (χ4n) is 2.32. The molecule has 1 aliphatic rings. The summed E-state index contributed by atoms with van der Waals surface area (Å²) >= 11 is 1.12. The lowest BCUT2D eigenvalue weighted by Crippen LogP contribution is -2.29. The minimum atomic E-state index is -0.583. The number of aryl methyl sites for hydroxylation is 2. The standard InChI is InChI=1S/C19H17N3O3S/c1-12-7-8-14(10-13(12)2)22-18(24)15(11-17(23)25-3)26-19(22)21-16-6-4-5-9-20-16/h4-11H,1-3H3/b15-11-,21-19?. The summed E-state index contributed by atoms with van der Waals surface area (Å²) in [4.78, 5) is 34.9. The number of aliphatic imine (C=N–C) groups is 1. The topological polar surface area (TPSA) is 71.9 Å². The molecule has 0 bridgehead atoms. The molecule has 0 radical (unpaired) electrons. The Hall–Kier alpha value is -2.93. The number of thioether (sulfide) groups is 1. The first kappa shape index (κ1) is 17.9. The number of amidine groups is 1. The fourth-order valence-corrected chi connectivity index (χ4v) is 3.27. The number of nitrogens with zero attached hydrogens (tertiary/aromatic N) is 3. The van der Waals surface area contributed by atoms with Crippen LogP contribution in [0.25, 0.3) is 0 Å². The lowest BCUT2D eigenvalue weighted by atomic mass is 10.1. The molecule has 2 heterocycles. The summed E-state index contributed by atoms with van der Waals surface area (Å²) in [5, 5.41) is 0.437. The Morgan fingerprint density at radius 3 is 2.69 bits per heavy atom. The molecule has 1 fully saturated rings. The number of aromatic nitrogens is 1. The van der Waals surface area contributed by atoms with Crippen molar-refractivity contribution in [2.24, 2.45) is 4.99 Å². The minimum absolute atomic E-state index is 0.254. The summed E-state index contributed by atoms with van der Waals surface area (Å²) in [6, 6.07) is 11.1. The molecule has 0 atom stereocenters. The summed E-state index contributed by atoms with van der Waals surface area (Å²) in [6.45, 7) is 3.98. The zero-order chi connectivity index (χ0) is 18.7. The number of carbonyl (C=O) groups is 2. The molecule has 1 aliphatic heterocycles. The van der Waals surface area contributed by atoms with Crippen LogP contribution in [0.3, 0.4) is 0 Å². The number of esters is 1. The maximum Gasteiger partial charge on any atom is 0.331 e. The zero-order valence-electron chi connectivity index (χ0n) is 14.6. The van der Waals surface area contributed by atoms with Crippen molar-refractivity contribution < 1.29 is 14.3 Å². The van der Waals surface area contributed by atoms with Crippen LogP contribution in [-0.2, 0) is 14.3 Å². The van der Waals surface area contributed by atoms with Gasteiger partial charge in [0.25, 0.3) is 5.91 Å². The van der Waals surface area contributed by atoms with Crippen LogP contribution < -0.4 is 4.90 Å². The van der Waals surface area contributed by atoms with Gasteiger partial charge in [-0.1, -0.05) is 12.1 Å². The zero-order valence-corrected chi connectivity index (χ0v) is 15.4. The van der Waals surface area contributed by atoms with Crippen molar-refractivity contribution in [1.82, 2.24) is 4.98 Å². The molecule has 26 heavy (non-hydrogen) atoms. The molecule has 1 amide bonds. The second kappa shape index (κ2) is 7.53. The third-order valence-electron chi connectivity index (χ3n) is 3.86. The molecule has 0 aliphatic carbocycles. The number of ether oxygens (including phenoxy) is 1. The highest BCUT2D eigenvalue weighted by molar-refractivity contribution is 8.19. The van der Waals surface area contributed by atoms with Gasteiger partial charge in [0.2, 0.25) is 0 Å². The molecule has 0 N–H and O–H groups in total. The first-order chi connectivity index (χ1) is 12.5. The molecule has 0 spiro atoms. The van der Waals surface area contributed by atoms with Crippen molar-refractivity contribution in [2.75, 3.05) is 12.0 Å². The Bertz CT molecular complexity index is 923. The second-order valence-electron chi connectivity index (χ2n) is 5.63. The monoisotopic (exact) mass is 367 g/mol. The molecule has 7 heteroatoms. The summed E-state index contributed by atoms with van der Waals surface area (Å²) in [5.74, 6) is -0.422. The van der Waals surface area contributed by atoms with Crippen LogP contribution in [-0.4, -0.2) is 29.1 Å². The number of benzene rings is 1. The van der Waals surface area contributed by atoms with Crippen molar-refractivity contribution in [3.63, 3.8) is 0 Å². The van der Waals surface area contributed by atoms with Gasteiger partial charge in [0.1, 0.15) is 0 Å². The maximum atomic E-state index is 12.9. The fraction of sp³-hybridized carbons (Fsp3) is 0.158. The highest BCUT2D eigenvalue weighted by Gasteiger charge is 2.35. The van der Waals surface area contributed by atoms with Crippen LogP contribution in [0.2, 0.25) is 0 Å². The first-order valence-electron chi connectivity index (χ1n) is 7.88. The lowest BCUT2D eigenvalue weighted by molar-refractivity contribution is -0.135. The molecule has 0 unspecified atom stereocenters. The summed E-state index contributed by atoms with van der Waals surface area (Å²) in [7, 11) is 1.27. The van der Waals surface area contributed by atoms with Crippen LogP contribution in [0.5, 0.6) is 0 Å². The van der Waals surface area contributed by atoms with E-state index in [1.165, 1.54) is 18.1 Å². The van der Waals surface area contributed by atoms with Crippen LogP contribution in [0.4, 0.5) is 11.5 Å². The highest BCUT2D eigenvalue weighted by atomic mass is 32.2. The smallest absolute Gasteiger partial charge is 0.331 e. The summed E-state index contributed by atoms with van der Waals surface area (Å²) < 4.78 is 4.64. The van der Waals surface area contributed by atoms with Gasteiger partial charge in [-0.05, 0) is 61.0 Å². The third-order valence-corrected chi connectivity index (χ3v) is 4.83. The number of hydrogen-bond donors (Lipinski definition) is 0. The van der Waals surface area contributed by atoms with E-state index in [1.54, 1.807) is 18.3 Å². The summed E-state index contributed by atoms with van der Waals surface area (Å²) in [5.41, 5.74) is 2.87. The van der Waals surface area contributed by atoms with E-state index < -0.39 is 5.97 Å². The highest BCUT2D eigenvalue weighted by Crippen LogP contribution is 2.36. The van der Waals surface area contributed by atoms with Crippen LogP contribution in [0, 0.1) is 13.8 Å². The minimum Gasteiger partial charge on any atom is -0.466 e. The lowest BCUT2D eigenvalue weighted by Gasteiger charge is -2.17. The molecule has 1 aromatic carbocycles. The molecule has 3 rings (SSSR count). The van der Waals surface area contributed by atoms with Gasteiger partial charge in [-0.25, -0.2) is 14.8 Å². The van der Waals surface area contributed by atoms with Crippen LogP contribution in [0.1, 0.15) is 11.1 Å². The van der Waals surface area contributed by atoms with Gasteiger partial charge in [0.05, 0.1) is 17.7 Å². The SMILES string of the molecule is COC(=O)/C=C1\SC(=Nc2ccccn2)N(c2ccc(C)c(C)c2)C1=O. The van der Waals surface area contributed by atoms with Gasteiger partial charge in [0, 0.05) is 12.3 Å². The van der Waals surface area contributed by atoms with Gasteiger partial charge >= 0.3 is 5.97 Å². The van der Waals surface area contributed by atoms with E-state index >= 15 is 0 Å². The van der Waals surface area contributed by atoms with E-state index in [2.05, 4.69) is 14.7 Å². The van der Waals surface area contributed by atoms with E-state index in [1.807, 2.05) is 38.1 Å². The second-order valence-corrected chi connectivity index (χ2v) is 6.63. The van der Waals surface area contributed by atoms with Gasteiger partial charge in [-0.15, -0.1) is 0 Å². The number of hydrogen-bond acceptors (Lipinski definition) is 6. The number of anilines is 1. The maximum absolute atomic E-state index is 12.9. The number of methoxy groups -OCH3 is 1. The van der Waals surface area contributed by atoms with E-state index in [9.17, 15) is 9.59 Å². The van der Waals surface area contributed by atoms with Gasteiger partial charge < -0.3 is 4.74 Å². The molecule has 1 aromatic heterocycles. The number of rotatable bonds is 3. The molecule has 0 saturated carbocycles. The molecular formula is C19H17N3O3S. The van der Waals surface area contributed by atoms with E-state index in [4.69, 9.17) is 0 Å². The summed E-state index contributed by atoms with van der Waals surface area (Å²) in [6.07, 6.45) is 2.81. The predicted octanol–water partition coefficient (Wildman–Crippen LogP) is 3.52. The molecule has 132 valence electrons. The van der Waals surface area contributed by atoms with Crippen LogP contribution >= 0.6 is 11.8 Å². The van der Waals surface area contributed by atoms with Crippen molar-refractivity contribution in [2.45, 2.75) is 13.8 Å². The Morgan fingerprint density at radius 2 is 2.04 bits per heavy atom. The third kappa shape index (κ3) is 3.67. The predicted molar refractivity (Wildman–Crippen MR) is 102 cm³/mol. The Morgan fingerprint density at radius 1 is 1.23 bits per heavy atom. The van der Waals surface area contributed by atoms with E-state index in [-0.39, 0.29) is 10.8 Å². The van der Waals surface area contributed by atoms with Gasteiger partial charge in [-0.2, -0.15) is 0 Å². The average Bonchev–Trinajstić information content (AvgIpc) is 2.93. The van der Waals surface area contributed by atoms with Crippen molar-refractivity contribution in [3.05, 3.63) is 64.7 Å². The van der Waals surface area contributed by atoms with Crippen molar-refractivity contribution >= 4 is 40.3 Å². The largest absolute Gasteiger partial charge is 0.466 e. The number of pyridine rings is 1. The molecular weight excluding hydrogens is 350 g/mol. The van der Waals surface area contributed by atoms with Gasteiger partial charge in [0.15, 0.2) is 11.0 Å². The Kier molecular flexibility index (Phi) is 5.18. The van der Waals surface area contributed by atoms with E-state index in [0.29, 0.717) is 16.7 Å².